The summed E-state index contributed by atoms with van der Waals surface area (Å²) >= 11 is 0. The summed E-state index contributed by atoms with van der Waals surface area (Å²) in [4.78, 5) is 23.3. The average Bonchev–Trinajstić information content (AvgIpc) is 2.59. The number of aryl methyl sites for hydroxylation is 2. The number of methoxy groups -OCH3 is 1. The molecule has 2 rings (SSSR count). The molecule has 144 valence electrons. The van der Waals surface area contributed by atoms with Crippen molar-refractivity contribution in [1.82, 2.24) is 5.32 Å². The molecule has 0 fully saturated rings. The van der Waals surface area contributed by atoms with Gasteiger partial charge in [-0.2, -0.15) is 0 Å². The van der Waals surface area contributed by atoms with Crippen molar-refractivity contribution in [2.24, 2.45) is 0 Å². The number of amides is 1. The topological polar surface area (TPSA) is 84.9 Å². The number of halogens is 1. The van der Waals surface area contributed by atoms with Crippen LogP contribution >= 0.6 is 0 Å². The first-order valence-corrected chi connectivity index (χ1v) is 8.33. The Kier molecular flexibility index (Phi) is 6.39. The van der Waals surface area contributed by atoms with Crippen molar-refractivity contribution in [2.75, 3.05) is 13.7 Å². The zero-order chi connectivity index (χ0) is 20.1. The molecule has 1 atom stereocenters. The Hall–Kier alpha value is -3.09. The van der Waals surface area contributed by atoms with Gasteiger partial charge in [0, 0.05) is 5.56 Å². The largest absolute Gasteiger partial charge is 0.496 e. The molecule has 0 aliphatic rings. The number of carboxylic acids is 1. The predicted molar refractivity (Wildman–Crippen MR) is 97.9 cm³/mol. The molecule has 0 aliphatic heterocycles. The Morgan fingerprint density at radius 1 is 1.22 bits per heavy atom. The summed E-state index contributed by atoms with van der Waals surface area (Å²) in [7, 11) is 1.44. The van der Waals surface area contributed by atoms with Gasteiger partial charge in [-0.25, -0.2) is 9.18 Å². The van der Waals surface area contributed by atoms with Gasteiger partial charge in [0.25, 0.3) is 5.91 Å². The van der Waals surface area contributed by atoms with Crippen LogP contribution in [-0.2, 0) is 4.79 Å². The van der Waals surface area contributed by atoms with E-state index < -0.39 is 24.4 Å². The second-order valence-electron chi connectivity index (χ2n) is 6.17. The number of aliphatic carboxylic acids is 1. The van der Waals surface area contributed by atoms with E-state index >= 15 is 0 Å². The van der Waals surface area contributed by atoms with Crippen molar-refractivity contribution in [3.8, 4) is 11.5 Å². The van der Waals surface area contributed by atoms with Crippen LogP contribution in [-0.4, -0.2) is 30.7 Å². The predicted octanol–water partition coefficient (Wildman–Crippen LogP) is 3.41. The molecule has 0 radical (unpaired) electrons. The number of carbonyl (C=O) groups is 2. The molecule has 0 saturated heterocycles. The smallest absolute Gasteiger partial charge is 0.341 e. The van der Waals surface area contributed by atoms with Gasteiger partial charge in [0.15, 0.2) is 6.61 Å². The first-order chi connectivity index (χ1) is 12.7. The van der Waals surface area contributed by atoms with Crippen LogP contribution in [0, 0.1) is 19.7 Å². The summed E-state index contributed by atoms with van der Waals surface area (Å²) in [6.45, 7) is 4.66. The van der Waals surface area contributed by atoms with Gasteiger partial charge in [0.1, 0.15) is 17.3 Å². The number of ether oxygens (including phenoxy) is 2. The van der Waals surface area contributed by atoms with E-state index in [0.717, 1.165) is 0 Å². The van der Waals surface area contributed by atoms with E-state index in [4.69, 9.17) is 14.6 Å². The monoisotopic (exact) mass is 375 g/mol. The molecule has 1 amide bonds. The van der Waals surface area contributed by atoms with Gasteiger partial charge < -0.3 is 19.9 Å². The number of hydrogen-bond donors (Lipinski definition) is 2. The van der Waals surface area contributed by atoms with Crippen molar-refractivity contribution >= 4 is 11.9 Å². The molecular formula is C20H22FNO5. The number of hydrogen-bond acceptors (Lipinski definition) is 4. The van der Waals surface area contributed by atoms with Gasteiger partial charge in [-0.05, 0) is 56.2 Å². The van der Waals surface area contributed by atoms with E-state index in [0.29, 0.717) is 28.2 Å². The normalized spacial score (nSPS) is 11.6. The van der Waals surface area contributed by atoms with Crippen molar-refractivity contribution in [2.45, 2.75) is 26.8 Å². The lowest BCUT2D eigenvalue weighted by atomic mass is 10.0. The lowest BCUT2D eigenvalue weighted by Gasteiger charge is -2.19. The summed E-state index contributed by atoms with van der Waals surface area (Å²) < 4.78 is 24.6. The van der Waals surface area contributed by atoms with Gasteiger partial charge in [0.2, 0.25) is 0 Å². The number of benzene rings is 2. The van der Waals surface area contributed by atoms with Crippen LogP contribution < -0.4 is 14.8 Å². The molecule has 0 heterocycles. The lowest BCUT2D eigenvalue weighted by Crippen LogP contribution is -2.27. The summed E-state index contributed by atoms with van der Waals surface area (Å²) in [6, 6.07) is 7.06. The third kappa shape index (κ3) is 4.75. The highest BCUT2D eigenvalue weighted by Crippen LogP contribution is 2.29. The second kappa shape index (κ2) is 8.53. The second-order valence-corrected chi connectivity index (χ2v) is 6.17. The Morgan fingerprint density at radius 2 is 1.85 bits per heavy atom. The molecule has 2 aromatic rings. The third-order valence-corrected chi connectivity index (χ3v) is 4.08. The minimum Gasteiger partial charge on any atom is -0.496 e. The fourth-order valence-electron chi connectivity index (χ4n) is 2.91. The fourth-order valence-corrected chi connectivity index (χ4v) is 2.91. The SMILES string of the molecule is COc1cccc(F)c1C(C)NC(=O)c1cc(C)c(OCC(=O)O)c(C)c1. The van der Waals surface area contributed by atoms with Crippen LogP contribution in [0.25, 0.3) is 0 Å². The third-order valence-electron chi connectivity index (χ3n) is 4.08. The Labute approximate surface area is 156 Å². The van der Waals surface area contributed by atoms with Gasteiger partial charge in [-0.3, -0.25) is 4.79 Å². The van der Waals surface area contributed by atoms with Crippen molar-refractivity contribution in [3.05, 3.63) is 58.4 Å². The molecule has 2 aromatic carbocycles. The number of rotatable bonds is 7. The first kappa shape index (κ1) is 20.2. The molecule has 27 heavy (non-hydrogen) atoms. The molecule has 2 N–H and O–H groups in total. The van der Waals surface area contributed by atoms with Crippen LogP contribution in [0.15, 0.2) is 30.3 Å². The Balaban J connectivity index is 2.22. The standard InChI is InChI=1S/C20H22FNO5/c1-11-8-14(9-12(2)19(11)27-10-17(23)24)20(25)22-13(3)18-15(21)6-5-7-16(18)26-4/h5-9,13H,10H2,1-4H3,(H,22,25)(H,23,24). The molecule has 0 spiro atoms. The highest BCUT2D eigenvalue weighted by molar-refractivity contribution is 5.95. The molecule has 1 unspecified atom stereocenters. The number of carboxylic acid groups (broad SMARTS) is 1. The fraction of sp³-hybridized carbons (Fsp3) is 0.300. The summed E-state index contributed by atoms with van der Waals surface area (Å²) in [6.07, 6.45) is 0. The van der Waals surface area contributed by atoms with Gasteiger partial charge in [0.05, 0.1) is 18.7 Å². The van der Waals surface area contributed by atoms with E-state index in [1.807, 2.05) is 0 Å². The van der Waals surface area contributed by atoms with E-state index in [-0.39, 0.29) is 11.5 Å². The van der Waals surface area contributed by atoms with Gasteiger partial charge in [-0.1, -0.05) is 6.07 Å². The van der Waals surface area contributed by atoms with Crippen LogP contribution in [0.5, 0.6) is 11.5 Å². The molecule has 0 bridgehead atoms. The summed E-state index contributed by atoms with van der Waals surface area (Å²) in [5.74, 6) is -1.15. The van der Waals surface area contributed by atoms with E-state index in [1.54, 1.807) is 39.0 Å². The highest BCUT2D eigenvalue weighted by Gasteiger charge is 2.20. The van der Waals surface area contributed by atoms with Gasteiger partial charge in [-0.15, -0.1) is 0 Å². The van der Waals surface area contributed by atoms with E-state index in [2.05, 4.69) is 5.32 Å². The zero-order valence-corrected chi connectivity index (χ0v) is 15.6. The summed E-state index contributed by atoms with van der Waals surface area (Å²) in [5.41, 5.74) is 1.91. The van der Waals surface area contributed by atoms with Crippen molar-refractivity contribution in [3.63, 3.8) is 0 Å². The first-order valence-electron chi connectivity index (χ1n) is 8.33. The zero-order valence-electron chi connectivity index (χ0n) is 15.6. The van der Waals surface area contributed by atoms with Crippen molar-refractivity contribution < 1.29 is 28.6 Å². The average molecular weight is 375 g/mol. The van der Waals surface area contributed by atoms with Crippen LogP contribution in [0.1, 0.15) is 40.0 Å². The van der Waals surface area contributed by atoms with Gasteiger partial charge >= 0.3 is 5.97 Å². The molecule has 7 heteroatoms. The molecule has 0 aromatic heterocycles. The molecular weight excluding hydrogens is 353 g/mol. The number of nitrogens with one attached hydrogen (secondary N) is 1. The van der Waals surface area contributed by atoms with Crippen LogP contribution in [0.3, 0.4) is 0 Å². The highest BCUT2D eigenvalue weighted by atomic mass is 19.1. The van der Waals surface area contributed by atoms with E-state index in [9.17, 15) is 14.0 Å². The lowest BCUT2D eigenvalue weighted by molar-refractivity contribution is -0.139. The summed E-state index contributed by atoms with van der Waals surface area (Å²) in [5, 5.41) is 11.5. The van der Waals surface area contributed by atoms with E-state index in [1.165, 1.54) is 19.2 Å². The molecule has 0 aliphatic carbocycles. The Bertz CT molecular complexity index is 842. The minimum absolute atomic E-state index is 0.267. The van der Waals surface area contributed by atoms with Crippen LogP contribution in [0.2, 0.25) is 0 Å². The molecule has 0 saturated carbocycles. The molecule has 6 nitrogen and oxygen atoms in total. The maximum atomic E-state index is 14.2. The number of carbonyl (C=O) groups excluding carboxylic acids is 1. The Morgan fingerprint density at radius 3 is 2.41 bits per heavy atom. The maximum absolute atomic E-state index is 14.2. The quantitative estimate of drug-likeness (QED) is 0.775. The van der Waals surface area contributed by atoms with Crippen molar-refractivity contribution in [1.29, 1.82) is 0 Å². The maximum Gasteiger partial charge on any atom is 0.341 e. The minimum atomic E-state index is -1.08. The van der Waals surface area contributed by atoms with Crippen LogP contribution in [0.4, 0.5) is 4.39 Å².